The molecule has 1 rings (SSSR count). The van der Waals surface area contributed by atoms with Crippen LogP contribution in [-0.2, 0) is 29.1 Å². The lowest BCUT2D eigenvalue weighted by atomic mass is 10.2. The average Bonchev–Trinajstić information content (AvgIpc) is 2.89. The number of esters is 1. The van der Waals surface area contributed by atoms with Crippen molar-refractivity contribution >= 4 is 44.5 Å². The molecule has 0 unspecified atom stereocenters. The summed E-state index contributed by atoms with van der Waals surface area (Å²) < 4.78 is 34.8. The number of sulfonamides is 1. The Bertz CT molecular complexity index is 782. The molecule has 146 valence electrons. The van der Waals surface area contributed by atoms with E-state index in [1.54, 1.807) is 20.8 Å². The van der Waals surface area contributed by atoms with Gasteiger partial charge in [0, 0.05) is 5.38 Å². The summed E-state index contributed by atoms with van der Waals surface area (Å²) in [6, 6.07) is -1.74. The van der Waals surface area contributed by atoms with Crippen LogP contribution in [0.3, 0.4) is 0 Å². The van der Waals surface area contributed by atoms with E-state index >= 15 is 0 Å². The highest BCUT2D eigenvalue weighted by atomic mass is 32.2. The van der Waals surface area contributed by atoms with Crippen LogP contribution in [0.5, 0.6) is 0 Å². The van der Waals surface area contributed by atoms with E-state index in [0.717, 1.165) is 18.4 Å². The number of carbonyl (C=O) groups is 3. The Morgan fingerprint density at radius 3 is 2.46 bits per heavy atom. The van der Waals surface area contributed by atoms with Crippen molar-refractivity contribution in [1.29, 1.82) is 0 Å². The van der Waals surface area contributed by atoms with Crippen LogP contribution in [0.15, 0.2) is 5.38 Å². The van der Waals surface area contributed by atoms with Crippen molar-refractivity contribution in [3.05, 3.63) is 11.1 Å². The number of aromatic nitrogens is 1. The average molecular weight is 409 g/mol. The Morgan fingerprint density at radius 2 is 1.96 bits per heavy atom. The molecule has 0 spiro atoms. The molecule has 0 saturated heterocycles. The summed E-state index contributed by atoms with van der Waals surface area (Å²) in [7, 11) is -3.27. The molecule has 1 heterocycles. The number of carboxylic acid groups (broad SMARTS) is 1. The van der Waals surface area contributed by atoms with Gasteiger partial charge in [0.25, 0.3) is 0 Å². The molecule has 1 amide bonds. The standard InChI is InChI=1S/C13H19N3O8S2/c1-13(2,3)24-12(20)15-11-14-7(5-25-11)9(10(18)19)16-26(21,22)6-8(17)23-4/h5,9,16H,6H2,1-4H3,(H,18,19)(H,14,15,20)/t9-/m1/s1. The highest BCUT2D eigenvalue weighted by Gasteiger charge is 2.30. The molecule has 0 aromatic carbocycles. The molecule has 0 radical (unpaired) electrons. The van der Waals surface area contributed by atoms with Gasteiger partial charge in [-0.15, -0.1) is 11.3 Å². The number of carbonyl (C=O) groups excluding carboxylic acids is 2. The lowest BCUT2D eigenvalue weighted by Gasteiger charge is -2.18. The Labute approximate surface area is 153 Å². The van der Waals surface area contributed by atoms with Gasteiger partial charge < -0.3 is 14.6 Å². The number of ether oxygens (including phenoxy) is 2. The molecule has 13 heteroatoms. The zero-order valence-corrected chi connectivity index (χ0v) is 16.1. The summed E-state index contributed by atoms with van der Waals surface area (Å²) in [6.07, 6.45) is -0.795. The predicted molar refractivity (Wildman–Crippen MR) is 91.3 cm³/mol. The first-order valence-corrected chi connectivity index (χ1v) is 9.61. The zero-order chi connectivity index (χ0) is 20.1. The van der Waals surface area contributed by atoms with E-state index in [9.17, 15) is 27.9 Å². The fraction of sp³-hybridized carbons (Fsp3) is 0.538. The summed E-state index contributed by atoms with van der Waals surface area (Å²) in [6.45, 7) is 4.99. The van der Waals surface area contributed by atoms with Crippen molar-refractivity contribution in [1.82, 2.24) is 9.71 Å². The Morgan fingerprint density at radius 1 is 1.35 bits per heavy atom. The molecule has 0 aliphatic carbocycles. The molecule has 0 fully saturated rings. The van der Waals surface area contributed by atoms with Gasteiger partial charge in [0.15, 0.2) is 16.9 Å². The topological polar surface area (TPSA) is 161 Å². The molecule has 1 aromatic rings. The third-order valence-electron chi connectivity index (χ3n) is 2.51. The largest absolute Gasteiger partial charge is 0.480 e. The normalized spacial score (nSPS) is 12.9. The van der Waals surface area contributed by atoms with Crippen molar-refractivity contribution in [3.63, 3.8) is 0 Å². The van der Waals surface area contributed by atoms with E-state index in [1.165, 1.54) is 5.38 Å². The third kappa shape index (κ3) is 7.33. The minimum absolute atomic E-state index is 0.0210. The minimum atomic E-state index is -4.28. The van der Waals surface area contributed by atoms with Gasteiger partial charge in [0.05, 0.1) is 12.8 Å². The summed E-state index contributed by atoms with van der Waals surface area (Å²) in [5.41, 5.74) is -0.904. The van der Waals surface area contributed by atoms with Crippen LogP contribution < -0.4 is 10.0 Å². The van der Waals surface area contributed by atoms with Gasteiger partial charge in [0.1, 0.15) is 5.60 Å². The fourth-order valence-electron chi connectivity index (χ4n) is 1.54. The number of nitrogens with zero attached hydrogens (tertiary/aromatic N) is 1. The lowest BCUT2D eigenvalue weighted by molar-refractivity contribution is -0.140. The van der Waals surface area contributed by atoms with Gasteiger partial charge in [-0.05, 0) is 20.8 Å². The van der Waals surface area contributed by atoms with Crippen LogP contribution >= 0.6 is 11.3 Å². The SMILES string of the molecule is COC(=O)CS(=O)(=O)N[C@@H](C(=O)O)c1csc(NC(=O)OC(C)(C)C)n1. The maximum Gasteiger partial charge on any atom is 0.413 e. The zero-order valence-electron chi connectivity index (χ0n) is 14.4. The molecule has 0 aliphatic rings. The predicted octanol–water partition coefficient (Wildman–Crippen LogP) is 0.708. The minimum Gasteiger partial charge on any atom is -0.480 e. The first-order chi connectivity index (χ1) is 11.8. The lowest BCUT2D eigenvalue weighted by Crippen LogP contribution is -2.37. The first-order valence-electron chi connectivity index (χ1n) is 7.08. The van der Waals surface area contributed by atoms with Crippen LogP contribution in [0.25, 0.3) is 0 Å². The maximum absolute atomic E-state index is 11.8. The van der Waals surface area contributed by atoms with E-state index in [2.05, 4.69) is 15.0 Å². The van der Waals surface area contributed by atoms with Crippen molar-refractivity contribution in [2.45, 2.75) is 32.4 Å². The molecule has 26 heavy (non-hydrogen) atoms. The molecule has 1 aromatic heterocycles. The number of thiazole rings is 1. The summed E-state index contributed by atoms with van der Waals surface area (Å²) >= 11 is 0.881. The van der Waals surface area contributed by atoms with Gasteiger partial charge in [-0.1, -0.05) is 0 Å². The van der Waals surface area contributed by atoms with Crippen molar-refractivity contribution in [3.8, 4) is 0 Å². The van der Waals surface area contributed by atoms with Crippen molar-refractivity contribution in [2.75, 3.05) is 18.2 Å². The van der Waals surface area contributed by atoms with Crippen molar-refractivity contribution < 1.29 is 37.4 Å². The van der Waals surface area contributed by atoms with E-state index in [0.29, 0.717) is 0 Å². The molecular weight excluding hydrogens is 390 g/mol. The first kappa shape index (κ1) is 21.8. The van der Waals surface area contributed by atoms with Crippen LogP contribution in [0.4, 0.5) is 9.93 Å². The van der Waals surface area contributed by atoms with Gasteiger partial charge in [0.2, 0.25) is 10.0 Å². The van der Waals surface area contributed by atoms with E-state index in [-0.39, 0.29) is 10.8 Å². The molecule has 0 saturated carbocycles. The number of methoxy groups -OCH3 is 1. The number of anilines is 1. The summed E-state index contributed by atoms with van der Waals surface area (Å²) in [4.78, 5) is 38.0. The number of rotatable bonds is 7. The number of hydrogen-bond acceptors (Lipinski definition) is 9. The maximum atomic E-state index is 11.8. The molecule has 11 nitrogen and oxygen atoms in total. The smallest absolute Gasteiger partial charge is 0.413 e. The monoisotopic (exact) mass is 409 g/mol. The fourth-order valence-corrected chi connectivity index (χ4v) is 3.35. The summed E-state index contributed by atoms with van der Waals surface area (Å²) in [5, 5.41) is 12.8. The Balaban J connectivity index is 2.90. The van der Waals surface area contributed by atoms with Crippen LogP contribution in [0, 0.1) is 0 Å². The quantitative estimate of drug-likeness (QED) is 0.551. The van der Waals surface area contributed by atoms with E-state index in [1.807, 2.05) is 4.72 Å². The number of hydrogen-bond donors (Lipinski definition) is 3. The van der Waals surface area contributed by atoms with Gasteiger partial charge in [-0.2, -0.15) is 4.72 Å². The third-order valence-corrected chi connectivity index (χ3v) is 4.49. The number of amides is 1. The number of nitrogens with one attached hydrogen (secondary N) is 2. The van der Waals surface area contributed by atoms with Crippen LogP contribution in [-0.4, -0.2) is 55.0 Å². The second-order valence-electron chi connectivity index (χ2n) is 5.93. The Hall–Kier alpha value is -2.25. The van der Waals surface area contributed by atoms with Gasteiger partial charge in [-0.3, -0.25) is 14.9 Å². The highest BCUT2D eigenvalue weighted by Crippen LogP contribution is 2.22. The molecule has 0 bridgehead atoms. The number of aliphatic carboxylic acids is 1. The van der Waals surface area contributed by atoms with Crippen LogP contribution in [0.2, 0.25) is 0 Å². The second-order valence-corrected chi connectivity index (χ2v) is 8.54. The van der Waals surface area contributed by atoms with Crippen molar-refractivity contribution in [2.24, 2.45) is 0 Å². The molecule has 3 N–H and O–H groups in total. The van der Waals surface area contributed by atoms with Gasteiger partial charge in [-0.25, -0.2) is 18.2 Å². The van der Waals surface area contributed by atoms with Crippen LogP contribution in [0.1, 0.15) is 32.5 Å². The Kier molecular flexibility index (Phi) is 7.06. The highest BCUT2D eigenvalue weighted by molar-refractivity contribution is 7.90. The second kappa shape index (κ2) is 8.42. The van der Waals surface area contributed by atoms with E-state index < -0.39 is 45.5 Å². The summed E-state index contributed by atoms with van der Waals surface area (Å²) in [5.74, 6) is -3.62. The molecule has 0 aliphatic heterocycles. The van der Waals surface area contributed by atoms with Gasteiger partial charge >= 0.3 is 18.0 Å². The van der Waals surface area contributed by atoms with E-state index in [4.69, 9.17) is 4.74 Å². The molecular formula is C13H19N3O8S2. The molecule has 1 atom stereocenters. The number of carboxylic acids is 1.